The Morgan fingerprint density at radius 3 is 2.17 bits per heavy atom. The van der Waals surface area contributed by atoms with Gasteiger partial charge in [0.1, 0.15) is 0 Å². The predicted octanol–water partition coefficient (Wildman–Crippen LogP) is 0.537. The summed E-state index contributed by atoms with van der Waals surface area (Å²) in [5.74, 6) is 0. The van der Waals surface area contributed by atoms with Gasteiger partial charge in [0.05, 0.1) is 0 Å². The minimum absolute atomic E-state index is 0.568. The van der Waals surface area contributed by atoms with Crippen molar-refractivity contribution in [3.8, 4) is 0 Å². The Labute approximate surface area is 75.7 Å². The monoisotopic (exact) mass is 171 g/mol. The molecule has 1 rings (SSSR count). The Bertz CT molecular complexity index is 117. The van der Waals surface area contributed by atoms with E-state index in [2.05, 4.69) is 36.1 Å². The molecule has 1 N–H and O–H groups in total. The lowest BCUT2D eigenvalue weighted by Crippen LogP contribution is -2.53. The summed E-state index contributed by atoms with van der Waals surface area (Å²) in [6, 6.07) is 0.568. The largest absolute Gasteiger partial charge is 0.301 e. The maximum atomic E-state index is 3.43. The lowest BCUT2D eigenvalue weighted by atomic mass is 10.3. The van der Waals surface area contributed by atoms with Crippen LogP contribution in [0.15, 0.2) is 0 Å². The van der Waals surface area contributed by atoms with Crippen molar-refractivity contribution in [1.82, 2.24) is 15.3 Å². The molecule has 0 aromatic rings. The van der Waals surface area contributed by atoms with Crippen molar-refractivity contribution >= 4 is 0 Å². The summed E-state index contributed by atoms with van der Waals surface area (Å²) in [4.78, 5) is 2.48. The van der Waals surface area contributed by atoms with Gasteiger partial charge in [-0.25, -0.2) is 5.01 Å². The molecule has 0 aromatic heterocycles. The Kier molecular flexibility index (Phi) is 3.98. The van der Waals surface area contributed by atoms with Gasteiger partial charge in [-0.3, -0.25) is 5.43 Å². The Morgan fingerprint density at radius 1 is 1.17 bits per heavy atom. The van der Waals surface area contributed by atoms with Gasteiger partial charge in [-0.1, -0.05) is 6.92 Å². The molecule has 1 aliphatic rings. The predicted molar refractivity (Wildman–Crippen MR) is 52.0 cm³/mol. The molecule has 1 fully saturated rings. The highest BCUT2D eigenvalue weighted by Crippen LogP contribution is 1.98. The first-order chi connectivity index (χ1) is 5.72. The molecule has 1 saturated heterocycles. The van der Waals surface area contributed by atoms with Crippen molar-refractivity contribution in [3.05, 3.63) is 0 Å². The first-order valence-electron chi connectivity index (χ1n) is 4.96. The van der Waals surface area contributed by atoms with Crippen LogP contribution in [0.3, 0.4) is 0 Å². The van der Waals surface area contributed by atoms with Crippen molar-refractivity contribution in [2.24, 2.45) is 0 Å². The van der Waals surface area contributed by atoms with Crippen LogP contribution in [0.2, 0.25) is 0 Å². The number of hydrogen-bond acceptors (Lipinski definition) is 3. The fourth-order valence-electron chi connectivity index (χ4n) is 1.56. The van der Waals surface area contributed by atoms with Gasteiger partial charge >= 0.3 is 0 Å². The van der Waals surface area contributed by atoms with Crippen LogP contribution >= 0.6 is 0 Å². The molecule has 0 spiro atoms. The Balaban J connectivity index is 2.17. The molecule has 1 heterocycles. The van der Waals surface area contributed by atoms with Crippen LogP contribution in [0.25, 0.3) is 0 Å². The van der Waals surface area contributed by atoms with Crippen LogP contribution in [0, 0.1) is 0 Å². The van der Waals surface area contributed by atoms with Gasteiger partial charge in [0, 0.05) is 32.2 Å². The summed E-state index contributed by atoms with van der Waals surface area (Å²) in [5, 5.41) is 2.33. The second-order valence-corrected chi connectivity index (χ2v) is 3.71. The summed E-state index contributed by atoms with van der Waals surface area (Å²) in [6.07, 6.45) is 0. The molecule has 0 aliphatic carbocycles. The number of hydrogen-bond donors (Lipinski definition) is 1. The highest BCUT2D eigenvalue weighted by atomic mass is 15.5. The highest BCUT2D eigenvalue weighted by Gasteiger charge is 2.14. The van der Waals surface area contributed by atoms with E-state index in [1.54, 1.807) is 0 Å². The van der Waals surface area contributed by atoms with E-state index in [-0.39, 0.29) is 0 Å². The van der Waals surface area contributed by atoms with Gasteiger partial charge in [0.15, 0.2) is 0 Å². The SMILES string of the molecule is CCN1CCN(NC(C)C)CC1. The molecule has 0 atom stereocenters. The molecule has 0 unspecified atom stereocenters. The maximum absolute atomic E-state index is 3.43. The molecule has 12 heavy (non-hydrogen) atoms. The van der Waals surface area contributed by atoms with E-state index in [9.17, 15) is 0 Å². The van der Waals surface area contributed by atoms with Gasteiger partial charge in [-0.15, -0.1) is 0 Å². The lowest BCUT2D eigenvalue weighted by molar-refractivity contribution is 0.0826. The normalized spacial score (nSPS) is 22.0. The standard InChI is InChI=1S/C9H21N3/c1-4-11-5-7-12(8-6-11)10-9(2)3/h9-10H,4-8H2,1-3H3. The van der Waals surface area contributed by atoms with Crippen molar-refractivity contribution in [2.45, 2.75) is 26.8 Å². The number of nitrogens with zero attached hydrogens (tertiary/aromatic N) is 2. The van der Waals surface area contributed by atoms with Crippen LogP contribution in [0.5, 0.6) is 0 Å². The maximum Gasteiger partial charge on any atom is 0.0259 e. The van der Waals surface area contributed by atoms with Crippen molar-refractivity contribution < 1.29 is 0 Å². The molecule has 0 aromatic carbocycles. The fourth-order valence-corrected chi connectivity index (χ4v) is 1.56. The first-order valence-corrected chi connectivity index (χ1v) is 4.96. The molecular weight excluding hydrogens is 150 g/mol. The molecule has 0 radical (unpaired) electrons. The zero-order chi connectivity index (χ0) is 8.97. The topological polar surface area (TPSA) is 18.5 Å². The zero-order valence-corrected chi connectivity index (χ0v) is 8.51. The van der Waals surface area contributed by atoms with Crippen molar-refractivity contribution in [2.75, 3.05) is 32.7 Å². The summed E-state index contributed by atoms with van der Waals surface area (Å²) < 4.78 is 0. The van der Waals surface area contributed by atoms with E-state index < -0.39 is 0 Å². The average molecular weight is 171 g/mol. The van der Waals surface area contributed by atoms with Crippen molar-refractivity contribution in [3.63, 3.8) is 0 Å². The van der Waals surface area contributed by atoms with E-state index in [1.807, 2.05) is 0 Å². The second kappa shape index (κ2) is 4.80. The van der Waals surface area contributed by atoms with Crippen LogP contribution < -0.4 is 5.43 Å². The molecule has 3 nitrogen and oxygen atoms in total. The van der Waals surface area contributed by atoms with E-state index in [4.69, 9.17) is 0 Å². The fraction of sp³-hybridized carbons (Fsp3) is 1.00. The first kappa shape index (κ1) is 9.96. The van der Waals surface area contributed by atoms with Gasteiger partial charge in [-0.05, 0) is 20.4 Å². The van der Waals surface area contributed by atoms with E-state index in [1.165, 1.54) is 19.6 Å². The minimum atomic E-state index is 0.568. The van der Waals surface area contributed by atoms with Gasteiger partial charge < -0.3 is 4.90 Å². The smallest absolute Gasteiger partial charge is 0.0259 e. The molecular formula is C9H21N3. The third kappa shape index (κ3) is 3.09. The van der Waals surface area contributed by atoms with E-state index >= 15 is 0 Å². The number of hydrazine groups is 1. The molecule has 0 bridgehead atoms. The van der Waals surface area contributed by atoms with Crippen LogP contribution in [0.4, 0.5) is 0 Å². The molecule has 3 heteroatoms. The number of piperazine rings is 1. The summed E-state index contributed by atoms with van der Waals surface area (Å²) in [6.45, 7) is 12.5. The van der Waals surface area contributed by atoms with Crippen LogP contribution in [-0.2, 0) is 0 Å². The second-order valence-electron chi connectivity index (χ2n) is 3.71. The Morgan fingerprint density at radius 2 is 1.75 bits per heavy atom. The van der Waals surface area contributed by atoms with Gasteiger partial charge in [-0.2, -0.15) is 0 Å². The average Bonchev–Trinajstić information content (AvgIpc) is 2.05. The molecule has 0 amide bonds. The lowest BCUT2D eigenvalue weighted by Gasteiger charge is -2.35. The molecule has 72 valence electrons. The zero-order valence-electron chi connectivity index (χ0n) is 8.51. The van der Waals surface area contributed by atoms with E-state index in [0.717, 1.165) is 13.1 Å². The number of likely N-dealkylation sites (N-methyl/N-ethyl adjacent to an activating group) is 1. The van der Waals surface area contributed by atoms with E-state index in [0.29, 0.717) is 6.04 Å². The third-order valence-corrected chi connectivity index (χ3v) is 2.26. The third-order valence-electron chi connectivity index (χ3n) is 2.26. The van der Waals surface area contributed by atoms with Crippen LogP contribution in [0.1, 0.15) is 20.8 Å². The quantitative estimate of drug-likeness (QED) is 0.668. The van der Waals surface area contributed by atoms with Gasteiger partial charge in [0.25, 0.3) is 0 Å². The number of nitrogens with one attached hydrogen (secondary N) is 1. The van der Waals surface area contributed by atoms with Crippen LogP contribution in [-0.4, -0.2) is 48.7 Å². The minimum Gasteiger partial charge on any atom is -0.301 e. The number of rotatable bonds is 3. The Hall–Kier alpha value is -0.120. The summed E-state index contributed by atoms with van der Waals surface area (Å²) in [7, 11) is 0. The van der Waals surface area contributed by atoms with Gasteiger partial charge in [0.2, 0.25) is 0 Å². The summed E-state index contributed by atoms with van der Waals surface area (Å²) in [5.41, 5.74) is 3.43. The molecule has 1 aliphatic heterocycles. The summed E-state index contributed by atoms with van der Waals surface area (Å²) >= 11 is 0. The highest BCUT2D eigenvalue weighted by molar-refractivity contribution is 4.68. The van der Waals surface area contributed by atoms with Crippen molar-refractivity contribution in [1.29, 1.82) is 0 Å². The molecule has 0 saturated carbocycles.